The van der Waals surface area contributed by atoms with Gasteiger partial charge in [0.25, 0.3) is 0 Å². The number of likely N-dealkylation sites (tertiary alicyclic amines) is 2. The fraction of sp³-hybridized carbons (Fsp3) is 0.476. The number of pyridine rings is 1. The van der Waals surface area contributed by atoms with E-state index in [0.717, 1.165) is 25.3 Å². The number of halogens is 3. The van der Waals surface area contributed by atoms with Crippen molar-refractivity contribution in [1.82, 2.24) is 14.8 Å². The van der Waals surface area contributed by atoms with Crippen molar-refractivity contribution in [3.05, 3.63) is 36.0 Å². The summed E-state index contributed by atoms with van der Waals surface area (Å²) in [5.74, 6) is -0.0381. The van der Waals surface area contributed by atoms with Crippen LogP contribution in [0.1, 0.15) is 24.8 Å². The van der Waals surface area contributed by atoms with E-state index in [1.54, 1.807) is 17.0 Å². The molecular weight excluding hydrogens is 395 g/mol. The Hall–Kier alpha value is -2.86. The van der Waals surface area contributed by atoms with Crippen molar-refractivity contribution in [2.75, 3.05) is 31.5 Å². The van der Waals surface area contributed by atoms with Gasteiger partial charge in [-0.1, -0.05) is 0 Å². The lowest BCUT2D eigenvalue weighted by atomic mass is 10.1. The average molecular weight is 417 g/mol. The molecule has 0 bridgehead atoms. The van der Waals surface area contributed by atoms with Gasteiger partial charge in [-0.2, -0.15) is 18.4 Å². The van der Waals surface area contributed by atoms with Crippen LogP contribution in [-0.2, 0) is 11.0 Å². The number of carbonyl (C=O) groups excluding carboxylic acids is 1. The van der Waals surface area contributed by atoms with Crippen molar-refractivity contribution >= 4 is 22.5 Å². The number of carbonyl (C=O) groups is 1. The summed E-state index contributed by atoms with van der Waals surface area (Å²) in [6.45, 7) is 2.20. The molecule has 2 saturated heterocycles. The standard InChI is InChI=1S/C21H22F3N5O/c22-21(23,24)17-5-6-18(16-4-1-8-26-20(16)17)27-14-7-10-28(12-14)13-19(30)29-9-2-3-15(29)11-25/h1,4-6,8,14-15,27H,2-3,7,9-10,12-13H2/t14-,15?/m1/s1. The Balaban J connectivity index is 1.43. The van der Waals surface area contributed by atoms with Crippen LogP contribution in [0.3, 0.4) is 0 Å². The lowest BCUT2D eigenvalue weighted by Gasteiger charge is -2.23. The third kappa shape index (κ3) is 4.05. The number of anilines is 1. The molecule has 2 fully saturated rings. The molecule has 2 atom stereocenters. The smallest absolute Gasteiger partial charge is 0.380 e. The van der Waals surface area contributed by atoms with Crippen molar-refractivity contribution in [1.29, 1.82) is 5.26 Å². The highest BCUT2D eigenvalue weighted by molar-refractivity contribution is 5.93. The molecule has 0 saturated carbocycles. The van der Waals surface area contributed by atoms with E-state index in [1.807, 2.05) is 4.90 Å². The van der Waals surface area contributed by atoms with E-state index >= 15 is 0 Å². The van der Waals surface area contributed by atoms with Crippen LogP contribution in [0, 0.1) is 11.3 Å². The molecule has 2 aliphatic rings. The van der Waals surface area contributed by atoms with Crippen molar-refractivity contribution in [2.45, 2.75) is 37.5 Å². The summed E-state index contributed by atoms with van der Waals surface area (Å²) in [5, 5.41) is 12.9. The Bertz CT molecular complexity index is 987. The lowest BCUT2D eigenvalue weighted by Crippen LogP contribution is -2.42. The summed E-state index contributed by atoms with van der Waals surface area (Å²) in [4.78, 5) is 20.2. The Kier molecular flexibility index (Phi) is 5.52. The SMILES string of the molecule is N#CC1CCCN1C(=O)CN1CC[C@@H](Nc2ccc(C(F)(F)F)c3ncccc23)C1. The molecule has 0 radical (unpaired) electrons. The Labute approximate surface area is 172 Å². The first kappa shape index (κ1) is 20.4. The van der Waals surface area contributed by atoms with Gasteiger partial charge < -0.3 is 10.2 Å². The Morgan fingerprint density at radius 1 is 1.27 bits per heavy atom. The number of hydrogen-bond acceptors (Lipinski definition) is 5. The maximum atomic E-state index is 13.3. The number of amides is 1. The van der Waals surface area contributed by atoms with Crippen LogP contribution in [0.15, 0.2) is 30.5 Å². The minimum atomic E-state index is -4.47. The third-order valence-electron chi connectivity index (χ3n) is 5.79. The molecule has 9 heteroatoms. The molecular formula is C21H22F3N5O. The Morgan fingerprint density at radius 3 is 2.87 bits per heavy atom. The molecule has 1 amide bonds. The number of fused-ring (bicyclic) bond motifs is 1. The van der Waals surface area contributed by atoms with E-state index < -0.39 is 11.7 Å². The summed E-state index contributed by atoms with van der Waals surface area (Å²) in [6, 6.07) is 7.62. The predicted octanol–water partition coefficient (Wildman–Crippen LogP) is 3.25. The lowest BCUT2D eigenvalue weighted by molar-refractivity contribution is -0.136. The first-order valence-corrected chi connectivity index (χ1v) is 9.99. The zero-order chi connectivity index (χ0) is 21.3. The summed E-state index contributed by atoms with van der Waals surface area (Å²) >= 11 is 0. The van der Waals surface area contributed by atoms with Crippen LogP contribution < -0.4 is 5.32 Å². The molecule has 1 unspecified atom stereocenters. The third-order valence-corrected chi connectivity index (χ3v) is 5.79. The second kappa shape index (κ2) is 8.11. The van der Waals surface area contributed by atoms with Gasteiger partial charge in [0, 0.05) is 42.9 Å². The fourth-order valence-electron chi connectivity index (χ4n) is 4.32. The quantitative estimate of drug-likeness (QED) is 0.827. The molecule has 1 aromatic carbocycles. The number of benzene rings is 1. The average Bonchev–Trinajstić information content (AvgIpc) is 3.36. The predicted molar refractivity (Wildman–Crippen MR) is 106 cm³/mol. The van der Waals surface area contributed by atoms with Gasteiger partial charge in [0.1, 0.15) is 6.04 Å². The number of nitrogens with one attached hydrogen (secondary N) is 1. The zero-order valence-corrected chi connectivity index (χ0v) is 16.3. The molecule has 30 heavy (non-hydrogen) atoms. The number of rotatable bonds is 4. The number of nitrogens with zero attached hydrogens (tertiary/aromatic N) is 4. The highest BCUT2D eigenvalue weighted by Crippen LogP contribution is 2.36. The highest BCUT2D eigenvalue weighted by Gasteiger charge is 2.34. The largest absolute Gasteiger partial charge is 0.418 e. The molecule has 2 aliphatic heterocycles. The normalized spacial score (nSPS) is 22.4. The van der Waals surface area contributed by atoms with Crippen molar-refractivity contribution in [3.63, 3.8) is 0 Å². The second-order valence-electron chi connectivity index (χ2n) is 7.80. The van der Waals surface area contributed by atoms with Crippen molar-refractivity contribution in [3.8, 4) is 6.07 Å². The van der Waals surface area contributed by atoms with E-state index in [9.17, 15) is 18.0 Å². The molecule has 2 aromatic rings. The summed E-state index contributed by atoms with van der Waals surface area (Å²) < 4.78 is 39.9. The Morgan fingerprint density at radius 2 is 2.10 bits per heavy atom. The van der Waals surface area contributed by atoms with Gasteiger partial charge >= 0.3 is 6.18 Å². The first-order valence-electron chi connectivity index (χ1n) is 9.99. The molecule has 0 aliphatic carbocycles. The van der Waals surface area contributed by atoms with Crippen LogP contribution in [0.2, 0.25) is 0 Å². The topological polar surface area (TPSA) is 72.3 Å². The molecule has 1 N–H and O–H groups in total. The van der Waals surface area contributed by atoms with Crippen LogP contribution >= 0.6 is 0 Å². The van der Waals surface area contributed by atoms with Crippen LogP contribution in [0.5, 0.6) is 0 Å². The zero-order valence-electron chi connectivity index (χ0n) is 16.3. The molecule has 1 aromatic heterocycles. The van der Waals surface area contributed by atoms with Crippen LogP contribution in [0.4, 0.5) is 18.9 Å². The van der Waals surface area contributed by atoms with Gasteiger partial charge in [-0.3, -0.25) is 14.7 Å². The number of hydrogen-bond donors (Lipinski definition) is 1. The number of aromatic nitrogens is 1. The van der Waals surface area contributed by atoms with Gasteiger partial charge in [-0.25, -0.2) is 0 Å². The highest BCUT2D eigenvalue weighted by atomic mass is 19.4. The van der Waals surface area contributed by atoms with Crippen LogP contribution in [-0.4, -0.2) is 59.0 Å². The summed E-state index contributed by atoms with van der Waals surface area (Å²) in [7, 11) is 0. The van der Waals surface area contributed by atoms with E-state index in [-0.39, 0.29) is 30.1 Å². The summed E-state index contributed by atoms with van der Waals surface area (Å²) in [6.07, 6.45) is -0.758. The van der Waals surface area contributed by atoms with Crippen molar-refractivity contribution in [2.24, 2.45) is 0 Å². The molecule has 4 rings (SSSR count). The monoisotopic (exact) mass is 417 g/mol. The molecule has 3 heterocycles. The summed E-state index contributed by atoms with van der Waals surface area (Å²) in [5.41, 5.74) is -0.218. The van der Waals surface area contributed by atoms with E-state index in [0.29, 0.717) is 30.7 Å². The molecule has 0 spiro atoms. The van der Waals surface area contributed by atoms with E-state index in [2.05, 4.69) is 16.4 Å². The first-order chi connectivity index (χ1) is 14.4. The minimum absolute atomic E-state index is 0.0169. The molecule has 158 valence electrons. The van der Waals surface area contributed by atoms with Gasteiger partial charge in [-0.15, -0.1) is 0 Å². The maximum Gasteiger partial charge on any atom is 0.418 e. The van der Waals surface area contributed by atoms with Gasteiger partial charge in [0.2, 0.25) is 5.91 Å². The van der Waals surface area contributed by atoms with Crippen molar-refractivity contribution < 1.29 is 18.0 Å². The number of nitriles is 1. The number of alkyl halides is 3. The maximum absolute atomic E-state index is 13.3. The van der Waals surface area contributed by atoms with Gasteiger partial charge in [0.15, 0.2) is 0 Å². The van der Waals surface area contributed by atoms with E-state index in [1.165, 1.54) is 12.3 Å². The van der Waals surface area contributed by atoms with E-state index in [4.69, 9.17) is 5.26 Å². The fourth-order valence-corrected chi connectivity index (χ4v) is 4.32. The minimum Gasteiger partial charge on any atom is -0.380 e. The van der Waals surface area contributed by atoms with Crippen LogP contribution in [0.25, 0.3) is 10.9 Å². The van der Waals surface area contributed by atoms with Gasteiger partial charge in [-0.05, 0) is 43.5 Å². The second-order valence-corrected chi connectivity index (χ2v) is 7.80. The molecule has 6 nitrogen and oxygen atoms in total. The van der Waals surface area contributed by atoms with Gasteiger partial charge in [0.05, 0.1) is 23.7 Å².